The molecule has 2 rings (SSSR count). The summed E-state index contributed by atoms with van der Waals surface area (Å²) in [6.07, 6.45) is 1.64. The normalized spacial score (nSPS) is 10.2. The minimum atomic E-state index is -1.02. The van der Waals surface area contributed by atoms with Gasteiger partial charge in [-0.3, -0.25) is 4.79 Å². The van der Waals surface area contributed by atoms with E-state index in [0.29, 0.717) is 10.5 Å². The van der Waals surface area contributed by atoms with E-state index in [4.69, 9.17) is 15.1 Å². The highest BCUT2D eigenvalue weighted by molar-refractivity contribution is 7.98. The number of aliphatic carboxylic acids is 1. The smallest absolute Gasteiger partial charge is 0.303 e. The quantitative estimate of drug-likeness (QED) is 0.784. The Morgan fingerprint density at radius 1 is 1.29 bits per heavy atom. The van der Waals surface area contributed by atoms with Crippen LogP contribution in [0.5, 0.6) is 11.5 Å². The maximum Gasteiger partial charge on any atom is 0.303 e. The zero-order valence-electron chi connectivity index (χ0n) is 12.7. The molecule has 24 heavy (non-hydrogen) atoms. The molecular weight excluding hydrogens is 336 g/mol. The molecule has 124 valence electrons. The van der Waals surface area contributed by atoms with Crippen LogP contribution in [0.1, 0.15) is 17.5 Å². The zero-order chi connectivity index (χ0) is 17.7. The summed E-state index contributed by atoms with van der Waals surface area (Å²) >= 11 is 1.31. The summed E-state index contributed by atoms with van der Waals surface area (Å²) in [5, 5.41) is 17.7. The van der Waals surface area contributed by atoms with Gasteiger partial charge in [0.1, 0.15) is 11.6 Å². The van der Waals surface area contributed by atoms with Crippen LogP contribution >= 0.6 is 11.8 Å². The molecule has 2 aromatic carbocycles. The second-order valence-corrected chi connectivity index (χ2v) is 5.76. The van der Waals surface area contributed by atoms with E-state index in [0.717, 1.165) is 12.1 Å². The van der Waals surface area contributed by atoms with Crippen LogP contribution in [-0.2, 0) is 11.2 Å². The number of carboxylic acid groups (broad SMARTS) is 1. The summed E-state index contributed by atoms with van der Waals surface area (Å²) in [6, 6.07) is 8.03. The molecule has 2 aromatic rings. The third-order valence-corrected chi connectivity index (χ3v) is 3.87. The first-order valence-corrected chi connectivity index (χ1v) is 8.12. The second-order valence-electron chi connectivity index (χ2n) is 4.88. The first kappa shape index (κ1) is 17.8. The molecule has 0 saturated heterocycles. The molecule has 0 aliphatic carbocycles. The molecule has 0 radical (unpaired) electrons. The first-order valence-electron chi connectivity index (χ1n) is 6.89. The molecule has 0 aliphatic heterocycles. The molecule has 0 heterocycles. The highest BCUT2D eigenvalue weighted by Gasteiger charge is 2.15. The third-order valence-electron chi connectivity index (χ3n) is 3.16. The Morgan fingerprint density at radius 2 is 2.04 bits per heavy atom. The molecule has 1 N–H and O–H groups in total. The Kier molecular flexibility index (Phi) is 5.77. The van der Waals surface area contributed by atoms with Crippen molar-refractivity contribution in [2.24, 2.45) is 0 Å². The Morgan fingerprint density at radius 3 is 2.67 bits per heavy atom. The third kappa shape index (κ3) is 4.46. The molecular formula is C17H13F2NO3S. The molecule has 0 unspecified atom stereocenters. The standard InChI is InChI=1S/C17H13F2NO3S/c1-24-14-6-11(2-3-16(21)22)17(15(19)8-14)23-13-5-10(9-20)4-12(18)7-13/h4-8H,2-3H2,1H3,(H,21,22). The van der Waals surface area contributed by atoms with E-state index in [1.807, 2.05) is 0 Å². The number of nitriles is 1. The summed E-state index contributed by atoms with van der Waals surface area (Å²) in [7, 11) is 0. The van der Waals surface area contributed by atoms with Crippen LogP contribution in [0.25, 0.3) is 0 Å². The molecule has 0 atom stereocenters. The maximum absolute atomic E-state index is 14.3. The monoisotopic (exact) mass is 349 g/mol. The van der Waals surface area contributed by atoms with Crippen molar-refractivity contribution in [2.45, 2.75) is 17.7 Å². The van der Waals surface area contributed by atoms with E-state index < -0.39 is 17.6 Å². The van der Waals surface area contributed by atoms with Crippen molar-refractivity contribution in [2.75, 3.05) is 6.26 Å². The fourth-order valence-corrected chi connectivity index (χ4v) is 2.57. The van der Waals surface area contributed by atoms with Crippen molar-refractivity contribution in [3.63, 3.8) is 0 Å². The van der Waals surface area contributed by atoms with E-state index in [1.165, 1.54) is 23.9 Å². The van der Waals surface area contributed by atoms with Gasteiger partial charge in [0.25, 0.3) is 0 Å². The van der Waals surface area contributed by atoms with Gasteiger partial charge < -0.3 is 9.84 Å². The molecule has 0 bridgehead atoms. The van der Waals surface area contributed by atoms with E-state index in [2.05, 4.69) is 0 Å². The molecule has 7 heteroatoms. The van der Waals surface area contributed by atoms with Gasteiger partial charge in [0.2, 0.25) is 0 Å². The van der Waals surface area contributed by atoms with Crippen molar-refractivity contribution in [1.29, 1.82) is 5.26 Å². The minimum Gasteiger partial charge on any atom is -0.481 e. The molecule has 0 spiro atoms. The van der Waals surface area contributed by atoms with E-state index >= 15 is 0 Å². The summed E-state index contributed by atoms with van der Waals surface area (Å²) in [4.78, 5) is 11.4. The van der Waals surface area contributed by atoms with Crippen LogP contribution in [0.15, 0.2) is 35.2 Å². The van der Waals surface area contributed by atoms with E-state index in [-0.39, 0.29) is 29.9 Å². The average molecular weight is 349 g/mol. The average Bonchev–Trinajstić information content (AvgIpc) is 2.54. The number of aryl methyl sites for hydroxylation is 1. The minimum absolute atomic E-state index is 0.0288. The number of benzene rings is 2. The number of carboxylic acids is 1. The van der Waals surface area contributed by atoms with Crippen molar-refractivity contribution in [3.05, 3.63) is 53.1 Å². The van der Waals surface area contributed by atoms with Crippen molar-refractivity contribution < 1.29 is 23.4 Å². The predicted octanol–water partition coefficient (Wildman–Crippen LogP) is 4.37. The van der Waals surface area contributed by atoms with E-state index in [9.17, 15) is 13.6 Å². The Bertz CT molecular complexity index is 818. The number of carbonyl (C=O) groups is 1. The lowest BCUT2D eigenvalue weighted by molar-refractivity contribution is -0.136. The van der Waals surface area contributed by atoms with Gasteiger partial charge in [0.15, 0.2) is 11.6 Å². The van der Waals surface area contributed by atoms with Gasteiger partial charge in [-0.2, -0.15) is 5.26 Å². The number of hydrogen-bond donors (Lipinski definition) is 1. The number of rotatable bonds is 6. The fourth-order valence-electron chi connectivity index (χ4n) is 2.09. The highest BCUT2D eigenvalue weighted by Crippen LogP contribution is 2.33. The van der Waals surface area contributed by atoms with Crippen molar-refractivity contribution >= 4 is 17.7 Å². The lowest BCUT2D eigenvalue weighted by atomic mass is 10.1. The molecule has 0 aromatic heterocycles. The summed E-state index contributed by atoms with van der Waals surface area (Å²) in [6.45, 7) is 0. The number of hydrogen-bond acceptors (Lipinski definition) is 4. The lowest BCUT2D eigenvalue weighted by Gasteiger charge is -2.13. The van der Waals surface area contributed by atoms with Gasteiger partial charge >= 0.3 is 5.97 Å². The zero-order valence-corrected chi connectivity index (χ0v) is 13.5. The van der Waals surface area contributed by atoms with Crippen molar-refractivity contribution in [3.8, 4) is 17.6 Å². The summed E-state index contributed by atoms with van der Waals surface area (Å²) < 4.78 is 33.3. The number of thioether (sulfide) groups is 1. The van der Waals surface area contributed by atoms with Crippen LogP contribution in [0.4, 0.5) is 8.78 Å². The predicted molar refractivity (Wildman–Crippen MR) is 85.3 cm³/mol. The largest absolute Gasteiger partial charge is 0.481 e. The van der Waals surface area contributed by atoms with Gasteiger partial charge in [-0.1, -0.05) is 0 Å². The SMILES string of the molecule is CSc1cc(F)c(Oc2cc(F)cc(C#N)c2)c(CCC(=O)O)c1. The van der Waals surface area contributed by atoms with E-state index in [1.54, 1.807) is 18.4 Å². The molecule has 0 saturated carbocycles. The van der Waals surface area contributed by atoms with Crippen LogP contribution < -0.4 is 4.74 Å². The molecule has 0 aliphatic rings. The Balaban J connectivity index is 2.43. The van der Waals surface area contributed by atoms with Crippen LogP contribution in [0.2, 0.25) is 0 Å². The number of ether oxygens (including phenoxy) is 1. The van der Waals surface area contributed by atoms with Crippen molar-refractivity contribution in [1.82, 2.24) is 0 Å². The number of halogens is 2. The molecule has 0 amide bonds. The van der Waals surface area contributed by atoms with Gasteiger partial charge in [0, 0.05) is 17.4 Å². The summed E-state index contributed by atoms with van der Waals surface area (Å²) in [5.74, 6) is -2.57. The molecule has 0 fully saturated rings. The van der Waals surface area contributed by atoms with Gasteiger partial charge in [-0.15, -0.1) is 11.8 Å². The topological polar surface area (TPSA) is 70.3 Å². The Labute approximate surface area is 141 Å². The first-order chi connectivity index (χ1) is 11.4. The maximum atomic E-state index is 14.3. The van der Waals surface area contributed by atoms with Crippen LogP contribution in [0.3, 0.4) is 0 Å². The van der Waals surface area contributed by atoms with Gasteiger partial charge in [-0.25, -0.2) is 8.78 Å². The molecule has 4 nitrogen and oxygen atoms in total. The van der Waals surface area contributed by atoms with Crippen LogP contribution in [0, 0.1) is 23.0 Å². The second kappa shape index (κ2) is 7.79. The van der Waals surface area contributed by atoms with Gasteiger partial charge in [-0.05, 0) is 42.5 Å². The summed E-state index contributed by atoms with van der Waals surface area (Å²) in [5.41, 5.74) is 0.405. The van der Waals surface area contributed by atoms with Crippen LogP contribution in [-0.4, -0.2) is 17.3 Å². The fraction of sp³-hybridized carbons (Fsp3) is 0.176. The Hall–Kier alpha value is -2.59. The van der Waals surface area contributed by atoms with Gasteiger partial charge in [0.05, 0.1) is 11.6 Å². The highest BCUT2D eigenvalue weighted by atomic mass is 32.2. The lowest BCUT2D eigenvalue weighted by Crippen LogP contribution is -2.01. The number of nitrogens with zero attached hydrogens (tertiary/aromatic N) is 1.